The number of anilines is 1. The van der Waals surface area contributed by atoms with Crippen LogP contribution in [0.15, 0.2) is 42.5 Å². The van der Waals surface area contributed by atoms with Crippen LogP contribution < -0.4 is 15.4 Å². The summed E-state index contributed by atoms with van der Waals surface area (Å²) < 4.78 is 4.98. The summed E-state index contributed by atoms with van der Waals surface area (Å²) in [4.78, 5) is 36.2. The first-order chi connectivity index (χ1) is 14.9. The topological polar surface area (TPSA) is 84.5 Å². The summed E-state index contributed by atoms with van der Waals surface area (Å²) in [7, 11) is 0. The first kappa shape index (κ1) is 22.5. The van der Waals surface area contributed by atoms with Crippen LogP contribution in [-0.4, -0.2) is 24.3 Å². The van der Waals surface area contributed by atoms with E-state index in [-0.39, 0.29) is 11.8 Å². The molecule has 0 heterocycles. The van der Waals surface area contributed by atoms with E-state index < -0.39 is 5.97 Å². The van der Waals surface area contributed by atoms with E-state index in [9.17, 15) is 14.4 Å². The van der Waals surface area contributed by atoms with Crippen LogP contribution in [0.25, 0.3) is 0 Å². The highest BCUT2D eigenvalue weighted by molar-refractivity contribution is 6.05. The third-order valence-corrected chi connectivity index (χ3v) is 5.69. The van der Waals surface area contributed by atoms with Gasteiger partial charge in [-0.1, -0.05) is 38.2 Å². The highest BCUT2D eigenvalue weighted by Crippen LogP contribution is 2.26. The number of benzene rings is 2. The number of amides is 2. The number of aryl methyl sites for hydroxylation is 1. The largest absolute Gasteiger partial charge is 0.427 e. The van der Waals surface area contributed by atoms with Gasteiger partial charge in [0, 0.05) is 30.3 Å². The number of carbonyl (C=O) groups is 3. The molecule has 0 radical (unpaired) electrons. The van der Waals surface area contributed by atoms with Crippen LogP contribution in [0, 0.1) is 12.8 Å². The Morgan fingerprint density at radius 3 is 2.29 bits per heavy atom. The quantitative estimate of drug-likeness (QED) is 0.492. The summed E-state index contributed by atoms with van der Waals surface area (Å²) in [6.07, 6.45) is 7.47. The number of nitrogens with one attached hydrogen (secondary N) is 2. The second-order valence-electron chi connectivity index (χ2n) is 8.15. The molecule has 6 nitrogen and oxygen atoms in total. The molecule has 2 aromatic rings. The van der Waals surface area contributed by atoms with Crippen molar-refractivity contribution in [1.82, 2.24) is 5.32 Å². The molecular weight excluding hydrogens is 392 g/mol. The molecule has 6 heteroatoms. The van der Waals surface area contributed by atoms with Crippen LogP contribution >= 0.6 is 0 Å². The van der Waals surface area contributed by atoms with Gasteiger partial charge in [-0.15, -0.1) is 0 Å². The zero-order chi connectivity index (χ0) is 22.2. The van der Waals surface area contributed by atoms with Crippen LogP contribution in [0.5, 0.6) is 5.75 Å². The lowest BCUT2D eigenvalue weighted by atomic mass is 9.87. The second kappa shape index (κ2) is 10.8. The smallest absolute Gasteiger partial charge is 0.308 e. The highest BCUT2D eigenvalue weighted by Gasteiger charge is 2.15. The molecule has 2 amide bonds. The molecule has 1 fully saturated rings. The van der Waals surface area contributed by atoms with E-state index in [0.717, 1.165) is 12.0 Å². The average Bonchev–Trinajstić information content (AvgIpc) is 2.76. The highest BCUT2D eigenvalue weighted by atomic mass is 16.5. The molecule has 0 bridgehead atoms. The third-order valence-electron chi connectivity index (χ3n) is 5.69. The number of rotatable bonds is 7. The van der Waals surface area contributed by atoms with Gasteiger partial charge in [-0.25, -0.2) is 0 Å². The van der Waals surface area contributed by atoms with Crippen molar-refractivity contribution < 1.29 is 19.1 Å². The Morgan fingerprint density at radius 2 is 1.61 bits per heavy atom. The summed E-state index contributed by atoms with van der Waals surface area (Å²) >= 11 is 0. The lowest BCUT2D eigenvalue weighted by molar-refractivity contribution is -0.131. The number of hydrogen-bond acceptors (Lipinski definition) is 4. The molecule has 2 N–H and O–H groups in total. The molecule has 1 aliphatic carbocycles. The molecule has 0 saturated heterocycles. The maximum atomic E-state index is 12.6. The minimum atomic E-state index is -0.415. The monoisotopic (exact) mass is 422 g/mol. The molecule has 0 atom stereocenters. The van der Waals surface area contributed by atoms with Gasteiger partial charge in [-0.3, -0.25) is 14.4 Å². The minimum Gasteiger partial charge on any atom is -0.427 e. The van der Waals surface area contributed by atoms with Gasteiger partial charge in [0.2, 0.25) is 0 Å². The fraction of sp³-hybridized carbons (Fsp3) is 0.400. The van der Waals surface area contributed by atoms with Gasteiger partial charge in [0.25, 0.3) is 11.8 Å². The predicted molar refractivity (Wildman–Crippen MR) is 120 cm³/mol. The zero-order valence-electron chi connectivity index (χ0n) is 18.2. The van der Waals surface area contributed by atoms with Gasteiger partial charge in [-0.2, -0.15) is 0 Å². The Morgan fingerprint density at radius 1 is 0.935 bits per heavy atom. The van der Waals surface area contributed by atoms with Crippen LogP contribution in [0.1, 0.15) is 71.7 Å². The fourth-order valence-corrected chi connectivity index (χ4v) is 3.90. The first-order valence-corrected chi connectivity index (χ1v) is 10.9. The summed E-state index contributed by atoms with van der Waals surface area (Å²) in [6, 6.07) is 11.6. The van der Waals surface area contributed by atoms with Crippen LogP contribution in [0.3, 0.4) is 0 Å². The molecule has 2 aromatic carbocycles. The molecule has 164 valence electrons. The van der Waals surface area contributed by atoms with E-state index in [1.165, 1.54) is 39.0 Å². The number of ether oxygens (including phenoxy) is 1. The maximum absolute atomic E-state index is 12.6. The van der Waals surface area contributed by atoms with Crippen molar-refractivity contribution in [2.45, 2.75) is 52.4 Å². The zero-order valence-corrected chi connectivity index (χ0v) is 18.2. The summed E-state index contributed by atoms with van der Waals surface area (Å²) in [5.74, 6) is 0.257. The van der Waals surface area contributed by atoms with Crippen LogP contribution in [0.2, 0.25) is 0 Å². The van der Waals surface area contributed by atoms with E-state index in [0.29, 0.717) is 35.0 Å². The Hall–Kier alpha value is -3.15. The van der Waals surface area contributed by atoms with E-state index in [2.05, 4.69) is 10.6 Å². The van der Waals surface area contributed by atoms with Gasteiger partial charge in [0.15, 0.2) is 0 Å². The van der Waals surface area contributed by atoms with E-state index in [1.54, 1.807) is 36.4 Å². The standard InChI is InChI=1S/C25H30N2O4/c1-17-8-9-21(24(29)26-15-14-19-6-4-3-5-7-19)16-23(17)27-25(30)20-10-12-22(13-11-20)31-18(2)28/h8-13,16,19H,3-7,14-15H2,1-2H3,(H,26,29)(H,27,30). The van der Waals surface area contributed by atoms with Crippen molar-refractivity contribution in [2.24, 2.45) is 5.92 Å². The van der Waals surface area contributed by atoms with Gasteiger partial charge < -0.3 is 15.4 Å². The van der Waals surface area contributed by atoms with Gasteiger partial charge in [0.1, 0.15) is 5.75 Å². The van der Waals surface area contributed by atoms with Gasteiger partial charge >= 0.3 is 5.97 Å². The number of esters is 1. The van der Waals surface area contributed by atoms with Crippen molar-refractivity contribution in [3.8, 4) is 5.75 Å². The summed E-state index contributed by atoms with van der Waals surface area (Å²) in [6.45, 7) is 3.88. The van der Waals surface area contributed by atoms with E-state index in [4.69, 9.17) is 4.74 Å². The predicted octanol–water partition coefficient (Wildman–Crippen LogP) is 4.87. The molecule has 0 spiro atoms. The van der Waals surface area contributed by atoms with Crippen LogP contribution in [-0.2, 0) is 4.79 Å². The van der Waals surface area contributed by atoms with E-state index in [1.807, 2.05) is 13.0 Å². The first-order valence-electron chi connectivity index (χ1n) is 10.9. The fourth-order valence-electron chi connectivity index (χ4n) is 3.90. The molecule has 0 unspecified atom stereocenters. The van der Waals surface area contributed by atoms with E-state index >= 15 is 0 Å². The molecular formula is C25H30N2O4. The lowest BCUT2D eigenvalue weighted by Gasteiger charge is -2.21. The van der Waals surface area contributed by atoms with Crippen LogP contribution in [0.4, 0.5) is 5.69 Å². The Balaban J connectivity index is 1.58. The summed E-state index contributed by atoms with van der Waals surface area (Å²) in [5, 5.41) is 5.87. The van der Waals surface area contributed by atoms with Gasteiger partial charge in [0.05, 0.1) is 0 Å². The molecule has 3 rings (SSSR count). The van der Waals surface area contributed by atoms with Crippen molar-refractivity contribution in [1.29, 1.82) is 0 Å². The SMILES string of the molecule is CC(=O)Oc1ccc(C(=O)Nc2cc(C(=O)NCCC3CCCCC3)ccc2C)cc1. The second-order valence-corrected chi connectivity index (χ2v) is 8.15. The lowest BCUT2D eigenvalue weighted by Crippen LogP contribution is -2.26. The van der Waals surface area contributed by atoms with Crippen molar-refractivity contribution in [3.05, 3.63) is 59.2 Å². The summed E-state index contributed by atoms with van der Waals surface area (Å²) in [5.41, 5.74) is 2.41. The van der Waals surface area contributed by atoms with Crippen molar-refractivity contribution in [2.75, 3.05) is 11.9 Å². The Labute approximate surface area is 183 Å². The van der Waals surface area contributed by atoms with Gasteiger partial charge in [-0.05, 0) is 61.2 Å². The maximum Gasteiger partial charge on any atom is 0.308 e. The average molecular weight is 423 g/mol. The third kappa shape index (κ3) is 6.67. The number of hydrogen-bond donors (Lipinski definition) is 2. The Bertz CT molecular complexity index is 931. The van der Waals surface area contributed by atoms with Crippen molar-refractivity contribution in [3.63, 3.8) is 0 Å². The normalized spacial score (nSPS) is 14.0. The molecule has 31 heavy (non-hydrogen) atoms. The molecule has 1 saturated carbocycles. The Kier molecular flexibility index (Phi) is 7.82. The molecule has 1 aliphatic rings. The number of carbonyl (C=O) groups excluding carboxylic acids is 3. The minimum absolute atomic E-state index is 0.128. The molecule has 0 aromatic heterocycles. The van der Waals surface area contributed by atoms with Crippen molar-refractivity contribution >= 4 is 23.5 Å². The molecule has 0 aliphatic heterocycles.